The van der Waals surface area contributed by atoms with Gasteiger partial charge in [-0.3, -0.25) is 0 Å². The van der Waals surface area contributed by atoms with Gasteiger partial charge in [0.25, 0.3) is 0 Å². The molecule has 0 amide bonds. The highest BCUT2D eigenvalue weighted by Crippen LogP contribution is 2.37. The Morgan fingerprint density at radius 3 is 2.47 bits per heavy atom. The van der Waals surface area contributed by atoms with E-state index >= 15 is 0 Å². The summed E-state index contributed by atoms with van der Waals surface area (Å²) in [7, 11) is 0. The average molecular weight is 307 g/mol. The third-order valence-corrected chi connectivity index (χ3v) is 4.11. The molecule has 2 aromatic heterocycles. The van der Waals surface area contributed by atoms with Crippen molar-refractivity contribution in [1.29, 1.82) is 0 Å². The summed E-state index contributed by atoms with van der Waals surface area (Å²) in [5, 5.41) is 0. The Hall–Kier alpha value is -1.42. The summed E-state index contributed by atoms with van der Waals surface area (Å²) in [6, 6.07) is 13.5. The topological polar surface area (TPSA) is 25.8 Å². The van der Waals surface area contributed by atoms with Crippen LogP contribution in [0.3, 0.4) is 0 Å². The first kappa shape index (κ1) is 12.6. The second-order valence-electron chi connectivity index (χ2n) is 3.87. The highest BCUT2D eigenvalue weighted by Gasteiger charge is 2.11. The fourth-order valence-corrected chi connectivity index (χ4v) is 3.23. The van der Waals surface area contributed by atoms with E-state index in [4.69, 9.17) is 23.2 Å². The van der Waals surface area contributed by atoms with E-state index in [1.807, 2.05) is 42.5 Å². The van der Waals surface area contributed by atoms with Crippen LogP contribution in [-0.2, 0) is 0 Å². The van der Waals surface area contributed by atoms with Crippen molar-refractivity contribution >= 4 is 34.5 Å². The van der Waals surface area contributed by atoms with E-state index in [1.54, 1.807) is 6.20 Å². The molecule has 3 aromatic rings. The van der Waals surface area contributed by atoms with Crippen molar-refractivity contribution in [3.8, 4) is 22.6 Å². The first-order valence-electron chi connectivity index (χ1n) is 5.58. The molecule has 2 nitrogen and oxygen atoms in total. The smallest absolute Gasteiger partial charge is 0.159 e. The molecule has 0 aliphatic rings. The Labute approximate surface area is 124 Å². The van der Waals surface area contributed by atoms with E-state index in [-0.39, 0.29) is 0 Å². The lowest BCUT2D eigenvalue weighted by Crippen LogP contribution is -1.90. The highest BCUT2D eigenvalue weighted by atomic mass is 35.5. The van der Waals surface area contributed by atoms with Crippen LogP contribution in [0.1, 0.15) is 0 Å². The Morgan fingerprint density at radius 2 is 1.79 bits per heavy atom. The van der Waals surface area contributed by atoms with E-state index < -0.39 is 0 Å². The maximum atomic E-state index is 6.15. The van der Waals surface area contributed by atoms with Gasteiger partial charge >= 0.3 is 0 Å². The van der Waals surface area contributed by atoms with E-state index in [9.17, 15) is 0 Å². The summed E-state index contributed by atoms with van der Waals surface area (Å²) < 4.78 is 1.29. The minimum Gasteiger partial charge on any atom is -0.237 e. The third-order valence-electron chi connectivity index (χ3n) is 2.62. The van der Waals surface area contributed by atoms with Gasteiger partial charge in [-0.05, 0) is 12.1 Å². The lowest BCUT2D eigenvalue weighted by atomic mass is 10.2. The van der Waals surface area contributed by atoms with Crippen molar-refractivity contribution in [3.63, 3.8) is 0 Å². The third kappa shape index (κ3) is 2.63. The fourth-order valence-electron chi connectivity index (χ4n) is 1.75. The van der Waals surface area contributed by atoms with Gasteiger partial charge in [0.1, 0.15) is 4.34 Å². The highest BCUT2D eigenvalue weighted by molar-refractivity contribution is 7.20. The lowest BCUT2D eigenvalue weighted by molar-refractivity contribution is 1.18. The minimum atomic E-state index is 0.641. The Morgan fingerprint density at radius 1 is 1.00 bits per heavy atom. The van der Waals surface area contributed by atoms with Gasteiger partial charge in [-0.1, -0.05) is 53.5 Å². The molecule has 0 bridgehead atoms. The molecule has 3 rings (SSSR count). The van der Waals surface area contributed by atoms with E-state index in [0.717, 1.165) is 16.8 Å². The molecule has 0 radical (unpaired) electrons. The quantitative estimate of drug-likeness (QED) is 0.652. The lowest BCUT2D eigenvalue weighted by Gasteiger charge is -2.02. The average Bonchev–Trinajstić information content (AvgIpc) is 2.79. The van der Waals surface area contributed by atoms with Crippen LogP contribution in [0, 0.1) is 0 Å². The fraction of sp³-hybridized carbons (Fsp3) is 0. The summed E-state index contributed by atoms with van der Waals surface area (Å²) in [6.45, 7) is 0. The van der Waals surface area contributed by atoms with Gasteiger partial charge in [-0.2, -0.15) is 0 Å². The first-order chi connectivity index (χ1) is 9.24. The number of rotatable bonds is 2. The molecule has 1 aromatic carbocycles. The maximum Gasteiger partial charge on any atom is 0.159 e. The number of hydrogen-bond donors (Lipinski definition) is 0. The summed E-state index contributed by atoms with van der Waals surface area (Å²) in [4.78, 5) is 8.83. The predicted molar refractivity (Wildman–Crippen MR) is 80.8 cm³/mol. The number of hydrogen-bond acceptors (Lipinski definition) is 3. The molecule has 0 aliphatic heterocycles. The first-order valence-corrected chi connectivity index (χ1v) is 7.15. The Balaban J connectivity index is 2.08. The van der Waals surface area contributed by atoms with Crippen LogP contribution in [0.4, 0.5) is 0 Å². The molecule has 0 saturated carbocycles. The summed E-state index contributed by atoms with van der Waals surface area (Å²) in [5.74, 6) is 0.677. The zero-order valence-corrected chi connectivity index (χ0v) is 12.0. The molecule has 2 heterocycles. The molecular formula is C14H8Cl2N2S. The molecular weight excluding hydrogens is 299 g/mol. The predicted octanol–water partition coefficient (Wildman–Crippen LogP) is 5.18. The normalized spacial score (nSPS) is 10.6. The standard InChI is InChI=1S/C14H8Cl2N2S/c15-12-8-10(13(16)19-12)11-6-7-17-14(18-11)9-4-2-1-3-5-9/h1-8H. The molecule has 19 heavy (non-hydrogen) atoms. The zero-order valence-electron chi connectivity index (χ0n) is 9.68. The van der Waals surface area contributed by atoms with Crippen LogP contribution in [-0.4, -0.2) is 9.97 Å². The van der Waals surface area contributed by atoms with Crippen molar-refractivity contribution in [1.82, 2.24) is 9.97 Å². The van der Waals surface area contributed by atoms with E-state index in [0.29, 0.717) is 14.5 Å². The monoisotopic (exact) mass is 306 g/mol. The number of halogens is 2. The number of thiophene rings is 1. The molecule has 5 heteroatoms. The van der Waals surface area contributed by atoms with E-state index in [2.05, 4.69) is 9.97 Å². The molecule has 0 unspecified atom stereocenters. The number of aromatic nitrogens is 2. The SMILES string of the molecule is Clc1cc(-c2ccnc(-c3ccccc3)n2)c(Cl)s1. The van der Waals surface area contributed by atoms with Crippen molar-refractivity contribution in [3.05, 3.63) is 57.3 Å². The van der Waals surface area contributed by atoms with Crippen LogP contribution in [0.15, 0.2) is 48.7 Å². The van der Waals surface area contributed by atoms with Crippen LogP contribution in [0.25, 0.3) is 22.6 Å². The minimum absolute atomic E-state index is 0.641. The second kappa shape index (κ2) is 5.29. The molecule has 0 aliphatic carbocycles. The molecule has 94 valence electrons. The van der Waals surface area contributed by atoms with Gasteiger partial charge in [-0.15, -0.1) is 11.3 Å². The largest absolute Gasteiger partial charge is 0.237 e. The summed E-state index contributed by atoms with van der Waals surface area (Å²) >= 11 is 13.5. The number of benzene rings is 1. The molecule has 0 atom stereocenters. The van der Waals surface area contributed by atoms with Gasteiger partial charge < -0.3 is 0 Å². The van der Waals surface area contributed by atoms with Gasteiger partial charge in [0.15, 0.2) is 5.82 Å². The Kier molecular flexibility index (Phi) is 3.51. The van der Waals surface area contributed by atoms with Gasteiger partial charge in [0.05, 0.1) is 10.0 Å². The van der Waals surface area contributed by atoms with Crippen molar-refractivity contribution in [2.45, 2.75) is 0 Å². The van der Waals surface area contributed by atoms with Crippen molar-refractivity contribution in [2.24, 2.45) is 0 Å². The van der Waals surface area contributed by atoms with Gasteiger partial charge in [0.2, 0.25) is 0 Å². The maximum absolute atomic E-state index is 6.15. The zero-order chi connectivity index (χ0) is 13.2. The summed E-state index contributed by atoms with van der Waals surface area (Å²) in [6.07, 6.45) is 1.73. The van der Waals surface area contributed by atoms with Crippen LogP contribution in [0.5, 0.6) is 0 Å². The van der Waals surface area contributed by atoms with Crippen molar-refractivity contribution < 1.29 is 0 Å². The molecule has 0 fully saturated rings. The van der Waals surface area contributed by atoms with Gasteiger partial charge in [-0.25, -0.2) is 9.97 Å². The molecule has 0 spiro atoms. The van der Waals surface area contributed by atoms with E-state index in [1.165, 1.54) is 11.3 Å². The summed E-state index contributed by atoms with van der Waals surface area (Å²) in [5.41, 5.74) is 2.60. The molecule has 0 N–H and O–H groups in total. The van der Waals surface area contributed by atoms with Gasteiger partial charge in [0, 0.05) is 17.3 Å². The van der Waals surface area contributed by atoms with Crippen molar-refractivity contribution in [2.75, 3.05) is 0 Å². The van der Waals surface area contributed by atoms with Crippen LogP contribution >= 0.6 is 34.5 Å². The van der Waals surface area contributed by atoms with Crippen LogP contribution in [0.2, 0.25) is 8.67 Å². The van der Waals surface area contributed by atoms with Crippen LogP contribution < -0.4 is 0 Å². The Bertz CT molecular complexity index is 710. The molecule has 0 saturated heterocycles. The number of nitrogens with zero attached hydrogens (tertiary/aromatic N) is 2. The second-order valence-corrected chi connectivity index (χ2v) is 6.15.